The van der Waals surface area contributed by atoms with E-state index >= 15 is 0 Å². The van der Waals surface area contributed by atoms with Crippen molar-refractivity contribution in [3.8, 4) is 5.75 Å². The third-order valence-corrected chi connectivity index (χ3v) is 4.47. The zero-order valence-corrected chi connectivity index (χ0v) is 15.6. The predicted molar refractivity (Wildman–Crippen MR) is 101 cm³/mol. The van der Waals surface area contributed by atoms with E-state index in [-0.39, 0.29) is 30.2 Å². The van der Waals surface area contributed by atoms with Crippen molar-refractivity contribution < 1.29 is 18.7 Å². The molecule has 3 rings (SSSR count). The molecule has 26 heavy (non-hydrogen) atoms. The van der Waals surface area contributed by atoms with Gasteiger partial charge in [-0.1, -0.05) is 23.7 Å². The van der Waals surface area contributed by atoms with Crippen molar-refractivity contribution in [1.29, 1.82) is 0 Å². The van der Waals surface area contributed by atoms with E-state index in [9.17, 15) is 9.18 Å². The fourth-order valence-electron chi connectivity index (χ4n) is 2.79. The molecule has 2 aromatic rings. The van der Waals surface area contributed by atoms with Gasteiger partial charge in [0.05, 0.1) is 36.5 Å². The zero-order chi connectivity index (χ0) is 18.0. The average molecular weight is 401 g/mol. The molecule has 0 aliphatic carbocycles. The quantitative estimate of drug-likeness (QED) is 0.797. The molecule has 1 amide bonds. The number of amides is 1. The summed E-state index contributed by atoms with van der Waals surface area (Å²) in [6, 6.07) is 9.13. The first kappa shape index (κ1) is 20.3. The van der Waals surface area contributed by atoms with E-state index in [1.54, 1.807) is 17.0 Å². The zero-order valence-electron chi connectivity index (χ0n) is 14.1. The van der Waals surface area contributed by atoms with Crippen LogP contribution in [0.25, 0.3) is 0 Å². The fraction of sp³-hybridized carbons (Fsp3) is 0.278. The van der Waals surface area contributed by atoms with Crippen LogP contribution in [0.4, 0.5) is 10.1 Å². The second-order valence-corrected chi connectivity index (χ2v) is 6.14. The first-order valence-corrected chi connectivity index (χ1v) is 8.16. The van der Waals surface area contributed by atoms with Crippen molar-refractivity contribution >= 4 is 35.6 Å². The molecular formula is C18H19Cl2FN2O3. The van der Waals surface area contributed by atoms with Crippen molar-refractivity contribution in [1.82, 2.24) is 4.90 Å². The van der Waals surface area contributed by atoms with E-state index in [1.807, 2.05) is 0 Å². The van der Waals surface area contributed by atoms with Crippen LogP contribution in [0, 0.1) is 5.82 Å². The first-order valence-electron chi connectivity index (χ1n) is 7.79. The number of rotatable bonds is 3. The van der Waals surface area contributed by atoms with Gasteiger partial charge in [0.25, 0.3) is 5.91 Å². The summed E-state index contributed by atoms with van der Waals surface area (Å²) in [6.07, 6.45) is -0.312. The Morgan fingerprint density at radius 2 is 2.04 bits per heavy atom. The minimum atomic E-state index is -0.312. The number of benzene rings is 2. The lowest BCUT2D eigenvalue weighted by molar-refractivity contribution is -0.0229. The minimum Gasteiger partial charge on any atom is -0.496 e. The van der Waals surface area contributed by atoms with Gasteiger partial charge in [0.2, 0.25) is 0 Å². The molecule has 8 heteroatoms. The number of halogens is 3. The molecule has 1 atom stereocenters. The summed E-state index contributed by atoms with van der Waals surface area (Å²) in [5, 5.41) is 0.299. The average Bonchev–Trinajstić information content (AvgIpc) is 2.63. The Bertz CT molecular complexity index is 787. The van der Waals surface area contributed by atoms with Gasteiger partial charge in [-0.05, 0) is 23.8 Å². The van der Waals surface area contributed by atoms with Crippen molar-refractivity contribution in [2.75, 3.05) is 32.5 Å². The van der Waals surface area contributed by atoms with Crippen LogP contribution in [-0.2, 0) is 4.74 Å². The van der Waals surface area contributed by atoms with Gasteiger partial charge < -0.3 is 20.1 Å². The van der Waals surface area contributed by atoms with Crippen LogP contribution in [0.5, 0.6) is 5.75 Å². The maximum atomic E-state index is 13.1. The minimum absolute atomic E-state index is 0. The van der Waals surface area contributed by atoms with Crippen LogP contribution in [-0.4, -0.2) is 37.6 Å². The third-order valence-electron chi connectivity index (χ3n) is 4.14. The lowest BCUT2D eigenvalue weighted by Crippen LogP contribution is -2.42. The van der Waals surface area contributed by atoms with Gasteiger partial charge in [0, 0.05) is 12.6 Å². The number of nitrogen functional groups attached to an aromatic ring is 1. The molecule has 2 aromatic carbocycles. The number of morpholine rings is 1. The highest BCUT2D eigenvalue weighted by atomic mass is 35.5. The number of hydrogen-bond acceptors (Lipinski definition) is 4. The number of nitrogens with two attached hydrogens (primary N) is 1. The monoisotopic (exact) mass is 400 g/mol. The molecule has 1 saturated heterocycles. The summed E-state index contributed by atoms with van der Waals surface area (Å²) in [5.74, 6) is -0.153. The van der Waals surface area contributed by atoms with Crippen LogP contribution in [0.15, 0.2) is 36.4 Å². The fourth-order valence-corrected chi connectivity index (χ4v) is 2.95. The lowest BCUT2D eigenvalue weighted by atomic mass is 10.1. The maximum absolute atomic E-state index is 13.1. The molecule has 0 bridgehead atoms. The topological polar surface area (TPSA) is 64.8 Å². The number of hydrogen-bond donors (Lipinski definition) is 1. The standard InChI is InChI=1S/C18H18ClFN2O3.ClH/c1-24-16-9-15(21)14(19)8-13(16)18(23)22-6-7-25-17(10-22)11-2-4-12(20)5-3-11;/h2-5,8-9,17H,6-7,10,21H2,1H3;1H. The smallest absolute Gasteiger partial charge is 0.257 e. The molecule has 0 aromatic heterocycles. The van der Waals surface area contributed by atoms with Crippen molar-refractivity contribution in [3.05, 3.63) is 58.4 Å². The number of carbonyl (C=O) groups excluding carboxylic acids is 1. The normalized spacial score (nSPS) is 16.7. The van der Waals surface area contributed by atoms with E-state index in [4.69, 9.17) is 26.8 Å². The Hall–Kier alpha value is -2.02. The predicted octanol–water partition coefficient (Wildman–Crippen LogP) is 3.71. The van der Waals surface area contributed by atoms with Crippen LogP contribution in [0.1, 0.15) is 22.0 Å². The summed E-state index contributed by atoms with van der Waals surface area (Å²) in [6.45, 7) is 1.19. The van der Waals surface area contributed by atoms with Crippen LogP contribution in [0.2, 0.25) is 5.02 Å². The van der Waals surface area contributed by atoms with E-state index in [0.717, 1.165) is 5.56 Å². The molecule has 1 unspecified atom stereocenters. The highest BCUT2D eigenvalue weighted by Gasteiger charge is 2.28. The molecule has 5 nitrogen and oxygen atoms in total. The van der Waals surface area contributed by atoms with Crippen LogP contribution in [0.3, 0.4) is 0 Å². The van der Waals surface area contributed by atoms with Crippen molar-refractivity contribution in [3.63, 3.8) is 0 Å². The SMILES string of the molecule is COc1cc(N)c(Cl)cc1C(=O)N1CCOC(c2ccc(F)cc2)C1.Cl. The first-order chi connectivity index (χ1) is 12.0. The van der Waals surface area contributed by atoms with Gasteiger partial charge in [-0.15, -0.1) is 12.4 Å². The number of methoxy groups -OCH3 is 1. The molecule has 2 N–H and O–H groups in total. The Balaban J connectivity index is 0.00000243. The molecule has 1 fully saturated rings. The van der Waals surface area contributed by atoms with E-state index in [0.29, 0.717) is 41.7 Å². The summed E-state index contributed by atoms with van der Waals surface area (Å²) < 4.78 is 24.1. The van der Waals surface area contributed by atoms with Crippen molar-refractivity contribution in [2.24, 2.45) is 0 Å². The Labute approximate surface area is 162 Å². The summed E-state index contributed by atoms with van der Waals surface area (Å²) in [4.78, 5) is 14.6. The molecule has 0 radical (unpaired) electrons. The summed E-state index contributed by atoms with van der Waals surface area (Å²) in [7, 11) is 1.47. The largest absolute Gasteiger partial charge is 0.496 e. The highest BCUT2D eigenvalue weighted by Crippen LogP contribution is 2.31. The Morgan fingerprint density at radius 1 is 1.35 bits per heavy atom. The number of anilines is 1. The van der Waals surface area contributed by atoms with Gasteiger partial charge in [-0.2, -0.15) is 0 Å². The number of carbonyl (C=O) groups is 1. The highest BCUT2D eigenvalue weighted by molar-refractivity contribution is 6.33. The molecule has 1 heterocycles. The second-order valence-electron chi connectivity index (χ2n) is 5.74. The van der Waals surface area contributed by atoms with E-state index < -0.39 is 0 Å². The van der Waals surface area contributed by atoms with Gasteiger partial charge in [0.1, 0.15) is 17.7 Å². The second kappa shape index (κ2) is 8.58. The Morgan fingerprint density at radius 3 is 2.69 bits per heavy atom. The third kappa shape index (κ3) is 4.20. The van der Waals surface area contributed by atoms with E-state index in [1.165, 1.54) is 31.4 Å². The molecule has 0 spiro atoms. The molecular weight excluding hydrogens is 382 g/mol. The van der Waals surface area contributed by atoms with Gasteiger partial charge >= 0.3 is 0 Å². The molecule has 140 valence electrons. The van der Waals surface area contributed by atoms with E-state index in [2.05, 4.69) is 0 Å². The van der Waals surface area contributed by atoms with Gasteiger partial charge in [0.15, 0.2) is 0 Å². The van der Waals surface area contributed by atoms with Crippen LogP contribution >= 0.6 is 24.0 Å². The molecule has 1 aliphatic heterocycles. The number of ether oxygens (including phenoxy) is 2. The Kier molecular flexibility index (Phi) is 6.69. The molecule has 1 aliphatic rings. The summed E-state index contributed by atoms with van der Waals surface area (Å²) >= 11 is 6.05. The number of nitrogens with zero attached hydrogens (tertiary/aromatic N) is 1. The molecule has 0 saturated carbocycles. The van der Waals surface area contributed by atoms with Gasteiger partial charge in [-0.25, -0.2) is 4.39 Å². The maximum Gasteiger partial charge on any atom is 0.257 e. The summed E-state index contributed by atoms with van der Waals surface area (Å²) in [5.41, 5.74) is 7.28. The van der Waals surface area contributed by atoms with Crippen LogP contribution < -0.4 is 10.5 Å². The van der Waals surface area contributed by atoms with Gasteiger partial charge in [-0.3, -0.25) is 4.79 Å². The van der Waals surface area contributed by atoms with Crippen molar-refractivity contribution in [2.45, 2.75) is 6.10 Å². The lowest BCUT2D eigenvalue weighted by Gasteiger charge is -2.33.